The van der Waals surface area contributed by atoms with Crippen molar-refractivity contribution in [1.29, 1.82) is 0 Å². The molecule has 0 fully saturated rings. The van der Waals surface area contributed by atoms with Gasteiger partial charge in [-0.25, -0.2) is 17.6 Å². The van der Waals surface area contributed by atoms with Crippen LogP contribution in [0.5, 0.6) is 0 Å². The van der Waals surface area contributed by atoms with Crippen LogP contribution in [0, 0.1) is 35.1 Å². The average molecular weight is 318 g/mol. The number of hydrogen-bond donors (Lipinski definition) is 0. The highest BCUT2D eigenvalue weighted by molar-refractivity contribution is 5.44. The fourth-order valence-corrected chi connectivity index (χ4v) is 2.00. The molecule has 2 aromatic rings. The van der Waals surface area contributed by atoms with Gasteiger partial charge in [0.15, 0.2) is 17.5 Å². The van der Waals surface area contributed by atoms with E-state index in [4.69, 9.17) is 0 Å². The molecule has 2 aromatic carbocycles. The van der Waals surface area contributed by atoms with E-state index in [2.05, 4.69) is 11.8 Å². The molecule has 0 aliphatic rings. The Morgan fingerprint density at radius 1 is 0.913 bits per heavy atom. The predicted molar refractivity (Wildman–Crippen MR) is 81.8 cm³/mol. The van der Waals surface area contributed by atoms with Gasteiger partial charge in [-0.05, 0) is 49.6 Å². The summed E-state index contributed by atoms with van der Waals surface area (Å²) in [6, 6.07) is 6.20. The second-order valence-electron chi connectivity index (χ2n) is 4.93. The van der Waals surface area contributed by atoms with Gasteiger partial charge in [0.05, 0.1) is 5.56 Å². The number of allylic oxidation sites excluding steroid dienone is 2. The smallest absolute Gasteiger partial charge is 0.194 e. The van der Waals surface area contributed by atoms with E-state index in [0.29, 0.717) is 6.42 Å². The minimum atomic E-state index is -1.55. The molecule has 118 valence electrons. The van der Waals surface area contributed by atoms with Crippen molar-refractivity contribution in [3.8, 4) is 11.8 Å². The van der Waals surface area contributed by atoms with Crippen molar-refractivity contribution in [2.45, 2.75) is 19.8 Å². The molecule has 0 amide bonds. The molecule has 0 aromatic heterocycles. The Morgan fingerprint density at radius 2 is 1.61 bits per heavy atom. The summed E-state index contributed by atoms with van der Waals surface area (Å²) in [6.45, 7) is 1.92. The number of hydrogen-bond acceptors (Lipinski definition) is 0. The summed E-state index contributed by atoms with van der Waals surface area (Å²) in [7, 11) is 0. The first kappa shape index (κ1) is 16.8. The molecule has 0 spiro atoms. The van der Waals surface area contributed by atoms with Crippen molar-refractivity contribution in [1.82, 2.24) is 0 Å². The van der Waals surface area contributed by atoms with E-state index in [-0.39, 0.29) is 11.1 Å². The fourth-order valence-electron chi connectivity index (χ4n) is 2.00. The minimum absolute atomic E-state index is 0.0574. The average Bonchev–Trinajstić information content (AvgIpc) is 2.52. The topological polar surface area (TPSA) is 0 Å². The molecular weight excluding hydrogens is 304 g/mol. The molecule has 4 heteroatoms. The number of rotatable bonds is 3. The Labute approximate surface area is 132 Å². The molecule has 0 saturated heterocycles. The van der Waals surface area contributed by atoms with Gasteiger partial charge in [0, 0.05) is 5.56 Å². The van der Waals surface area contributed by atoms with Crippen molar-refractivity contribution >= 4 is 0 Å². The molecule has 0 nitrogen and oxygen atoms in total. The zero-order chi connectivity index (χ0) is 16.8. The van der Waals surface area contributed by atoms with Crippen LogP contribution in [0.1, 0.15) is 30.0 Å². The maximum Gasteiger partial charge on any atom is 0.194 e. The predicted octanol–water partition coefficient (Wildman–Crippen LogP) is 5.15. The van der Waals surface area contributed by atoms with Crippen molar-refractivity contribution in [3.63, 3.8) is 0 Å². The summed E-state index contributed by atoms with van der Waals surface area (Å²) in [5.74, 6) is 0.237. The largest absolute Gasteiger partial charge is 0.206 e. The van der Waals surface area contributed by atoms with Gasteiger partial charge in [0.2, 0.25) is 0 Å². The highest BCUT2D eigenvalue weighted by atomic mass is 19.2. The third-order valence-electron chi connectivity index (χ3n) is 3.19. The number of halogens is 4. The van der Waals surface area contributed by atoms with Crippen LogP contribution >= 0.6 is 0 Å². The fraction of sp³-hybridized carbons (Fsp3) is 0.158. The quantitative estimate of drug-likeness (QED) is 0.318. The monoisotopic (exact) mass is 318 g/mol. The molecule has 0 bridgehead atoms. The Morgan fingerprint density at radius 3 is 2.22 bits per heavy atom. The highest BCUT2D eigenvalue weighted by Gasteiger charge is 2.09. The van der Waals surface area contributed by atoms with E-state index in [1.807, 2.05) is 19.1 Å². The molecular formula is C19H14F4. The second-order valence-corrected chi connectivity index (χ2v) is 4.93. The summed E-state index contributed by atoms with van der Waals surface area (Å²) >= 11 is 0. The van der Waals surface area contributed by atoms with Gasteiger partial charge < -0.3 is 0 Å². The maximum atomic E-state index is 14.0. The van der Waals surface area contributed by atoms with Crippen LogP contribution in [0.3, 0.4) is 0 Å². The van der Waals surface area contributed by atoms with Gasteiger partial charge >= 0.3 is 0 Å². The lowest BCUT2D eigenvalue weighted by Gasteiger charge is -2.01. The highest BCUT2D eigenvalue weighted by Crippen LogP contribution is 2.14. The van der Waals surface area contributed by atoms with Crippen molar-refractivity contribution in [2.24, 2.45) is 0 Å². The van der Waals surface area contributed by atoms with Crippen LogP contribution in [0.15, 0.2) is 42.5 Å². The van der Waals surface area contributed by atoms with Crippen LogP contribution in [-0.4, -0.2) is 0 Å². The zero-order valence-corrected chi connectivity index (χ0v) is 12.5. The summed E-state index contributed by atoms with van der Waals surface area (Å²) in [4.78, 5) is 0. The molecule has 2 rings (SSSR count). The van der Waals surface area contributed by atoms with Crippen LogP contribution in [0.25, 0.3) is 0 Å². The van der Waals surface area contributed by atoms with Crippen molar-refractivity contribution in [2.75, 3.05) is 0 Å². The van der Waals surface area contributed by atoms with E-state index in [0.717, 1.165) is 24.1 Å². The minimum Gasteiger partial charge on any atom is -0.206 e. The number of aryl methyl sites for hydroxylation is 1. The van der Waals surface area contributed by atoms with Gasteiger partial charge in [-0.2, -0.15) is 0 Å². The van der Waals surface area contributed by atoms with Crippen LogP contribution in [0.2, 0.25) is 0 Å². The SMILES string of the molecule is CC=CCCc1ccc(C#Cc2cc(F)c(F)c(F)c2)c(F)c1. The summed E-state index contributed by atoms with van der Waals surface area (Å²) in [6.07, 6.45) is 5.44. The van der Waals surface area contributed by atoms with Gasteiger partial charge in [0.25, 0.3) is 0 Å². The Bertz CT molecular complexity index is 772. The maximum absolute atomic E-state index is 14.0. The van der Waals surface area contributed by atoms with Gasteiger partial charge in [-0.1, -0.05) is 30.1 Å². The first-order chi connectivity index (χ1) is 11.0. The van der Waals surface area contributed by atoms with Crippen LogP contribution < -0.4 is 0 Å². The first-order valence-corrected chi connectivity index (χ1v) is 7.07. The Kier molecular flexibility index (Phi) is 5.59. The zero-order valence-electron chi connectivity index (χ0n) is 12.5. The molecule has 0 aliphatic heterocycles. The van der Waals surface area contributed by atoms with E-state index in [1.54, 1.807) is 6.07 Å². The normalized spacial score (nSPS) is 10.7. The van der Waals surface area contributed by atoms with Crippen LogP contribution in [0.4, 0.5) is 17.6 Å². The van der Waals surface area contributed by atoms with Gasteiger partial charge in [0.1, 0.15) is 5.82 Å². The van der Waals surface area contributed by atoms with E-state index >= 15 is 0 Å². The molecule has 0 saturated carbocycles. The lowest BCUT2D eigenvalue weighted by atomic mass is 10.1. The lowest BCUT2D eigenvalue weighted by molar-refractivity contribution is 0.446. The lowest BCUT2D eigenvalue weighted by Crippen LogP contribution is -1.92. The van der Waals surface area contributed by atoms with E-state index in [1.165, 1.54) is 12.1 Å². The molecule has 23 heavy (non-hydrogen) atoms. The third-order valence-corrected chi connectivity index (χ3v) is 3.19. The standard InChI is InChI=1S/C19H14F4/c1-2-3-4-5-13-6-8-15(16(20)10-13)9-7-14-11-17(21)19(23)18(22)12-14/h2-3,6,8,10-12H,4-5H2,1H3. The van der Waals surface area contributed by atoms with Crippen molar-refractivity contribution in [3.05, 3.63) is 82.4 Å². The first-order valence-electron chi connectivity index (χ1n) is 7.07. The van der Waals surface area contributed by atoms with Crippen LogP contribution in [-0.2, 0) is 6.42 Å². The van der Waals surface area contributed by atoms with Crippen molar-refractivity contribution < 1.29 is 17.6 Å². The Hall–Kier alpha value is -2.54. The summed E-state index contributed by atoms with van der Waals surface area (Å²) < 4.78 is 53.0. The summed E-state index contributed by atoms with van der Waals surface area (Å²) in [5.41, 5.74) is 0.896. The Balaban J connectivity index is 2.21. The van der Waals surface area contributed by atoms with Gasteiger partial charge in [-0.15, -0.1) is 0 Å². The van der Waals surface area contributed by atoms with E-state index < -0.39 is 23.3 Å². The molecule has 0 atom stereocenters. The molecule has 0 aliphatic carbocycles. The number of benzene rings is 2. The third kappa shape index (κ3) is 4.46. The van der Waals surface area contributed by atoms with E-state index in [9.17, 15) is 17.6 Å². The van der Waals surface area contributed by atoms with Gasteiger partial charge in [-0.3, -0.25) is 0 Å². The summed E-state index contributed by atoms with van der Waals surface area (Å²) in [5, 5.41) is 0. The molecule has 0 unspecified atom stereocenters. The molecule has 0 radical (unpaired) electrons. The molecule has 0 heterocycles. The second kappa shape index (κ2) is 7.64. The molecule has 0 N–H and O–H groups in total.